The molecule has 2 aromatic carbocycles. The number of rotatable bonds is 10. The van der Waals surface area contributed by atoms with Crippen LogP contribution in [-0.2, 0) is 16.6 Å². The Labute approximate surface area is 182 Å². The van der Waals surface area contributed by atoms with Gasteiger partial charge in [-0.3, -0.25) is 0 Å². The summed E-state index contributed by atoms with van der Waals surface area (Å²) < 4.78 is 27.2. The Morgan fingerprint density at radius 3 is 2.00 bits per heavy atom. The van der Waals surface area contributed by atoms with Crippen molar-refractivity contribution in [3.8, 4) is 11.1 Å². The SMILES string of the molecule is CCN(CC)CCNCc1ccc(-c2ccc(S(=O)(=O)N3CCCCC3)cc2)cc1. The molecule has 1 heterocycles. The number of piperidine rings is 1. The number of benzene rings is 2. The first-order chi connectivity index (χ1) is 14.5. The summed E-state index contributed by atoms with van der Waals surface area (Å²) in [6.45, 7) is 10.7. The van der Waals surface area contributed by atoms with Gasteiger partial charge in [-0.15, -0.1) is 0 Å². The van der Waals surface area contributed by atoms with E-state index in [4.69, 9.17) is 0 Å². The average Bonchev–Trinajstić information content (AvgIpc) is 2.80. The molecular weight excluding hydrogens is 394 g/mol. The van der Waals surface area contributed by atoms with E-state index in [-0.39, 0.29) is 0 Å². The van der Waals surface area contributed by atoms with E-state index in [2.05, 4.69) is 48.3 Å². The van der Waals surface area contributed by atoms with Gasteiger partial charge in [-0.1, -0.05) is 56.7 Å². The van der Waals surface area contributed by atoms with Gasteiger partial charge < -0.3 is 10.2 Å². The number of hydrogen-bond acceptors (Lipinski definition) is 4. The minimum absolute atomic E-state index is 0.391. The Bertz CT molecular complexity index is 870. The maximum absolute atomic E-state index is 12.8. The molecule has 0 bridgehead atoms. The highest BCUT2D eigenvalue weighted by Gasteiger charge is 2.25. The van der Waals surface area contributed by atoms with Crippen molar-refractivity contribution in [1.82, 2.24) is 14.5 Å². The van der Waals surface area contributed by atoms with Crippen molar-refractivity contribution in [2.75, 3.05) is 39.3 Å². The van der Waals surface area contributed by atoms with Crippen molar-refractivity contribution in [3.05, 3.63) is 54.1 Å². The summed E-state index contributed by atoms with van der Waals surface area (Å²) in [7, 11) is -3.37. The van der Waals surface area contributed by atoms with E-state index in [9.17, 15) is 8.42 Å². The fourth-order valence-corrected chi connectivity index (χ4v) is 5.42. The van der Waals surface area contributed by atoms with Gasteiger partial charge in [-0.05, 0) is 54.8 Å². The molecule has 1 N–H and O–H groups in total. The molecule has 0 saturated carbocycles. The maximum atomic E-state index is 12.8. The highest BCUT2D eigenvalue weighted by atomic mass is 32.2. The van der Waals surface area contributed by atoms with Crippen LogP contribution in [-0.4, -0.2) is 56.9 Å². The minimum atomic E-state index is -3.37. The standard InChI is InChI=1S/C24H35N3O2S/c1-3-26(4-2)19-16-25-20-21-8-10-22(11-9-21)23-12-14-24(15-13-23)30(28,29)27-17-6-5-7-18-27/h8-15,25H,3-7,16-20H2,1-2H3. The molecular formula is C24H35N3O2S. The third-order valence-electron chi connectivity index (χ3n) is 5.92. The van der Waals surface area contributed by atoms with Gasteiger partial charge in [-0.2, -0.15) is 4.31 Å². The lowest BCUT2D eigenvalue weighted by atomic mass is 10.0. The largest absolute Gasteiger partial charge is 0.311 e. The lowest BCUT2D eigenvalue weighted by Crippen LogP contribution is -2.35. The highest BCUT2D eigenvalue weighted by molar-refractivity contribution is 7.89. The maximum Gasteiger partial charge on any atom is 0.243 e. The zero-order chi connectivity index (χ0) is 21.4. The molecule has 1 saturated heterocycles. The summed E-state index contributed by atoms with van der Waals surface area (Å²) in [5, 5.41) is 3.50. The molecule has 1 aliphatic heterocycles. The van der Waals surface area contributed by atoms with Gasteiger partial charge in [0.05, 0.1) is 4.90 Å². The lowest BCUT2D eigenvalue weighted by molar-refractivity contribution is 0.302. The summed E-state index contributed by atoms with van der Waals surface area (Å²) in [5.74, 6) is 0. The van der Waals surface area contributed by atoms with Gasteiger partial charge in [-0.25, -0.2) is 8.42 Å². The van der Waals surface area contributed by atoms with E-state index < -0.39 is 10.0 Å². The minimum Gasteiger partial charge on any atom is -0.311 e. The Kier molecular flexibility index (Phi) is 8.45. The van der Waals surface area contributed by atoms with E-state index in [1.165, 1.54) is 5.56 Å². The Morgan fingerprint density at radius 2 is 1.43 bits per heavy atom. The van der Waals surface area contributed by atoms with E-state index >= 15 is 0 Å². The molecule has 1 aliphatic rings. The molecule has 164 valence electrons. The predicted molar refractivity (Wildman–Crippen MR) is 124 cm³/mol. The number of nitrogens with zero attached hydrogens (tertiary/aromatic N) is 2. The molecule has 0 atom stereocenters. The number of likely N-dealkylation sites (N-methyl/N-ethyl adjacent to an activating group) is 1. The second-order valence-electron chi connectivity index (χ2n) is 7.89. The van der Waals surface area contributed by atoms with Crippen molar-refractivity contribution in [2.45, 2.75) is 44.6 Å². The summed E-state index contributed by atoms with van der Waals surface area (Å²) in [6, 6.07) is 15.8. The molecule has 30 heavy (non-hydrogen) atoms. The number of hydrogen-bond donors (Lipinski definition) is 1. The molecule has 3 rings (SSSR count). The quantitative estimate of drug-likeness (QED) is 0.581. The van der Waals surface area contributed by atoms with Gasteiger partial charge in [0.25, 0.3) is 0 Å². The van der Waals surface area contributed by atoms with Crippen LogP contribution in [0.2, 0.25) is 0 Å². The summed E-state index contributed by atoms with van der Waals surface area (Å²) in [5.41, 5.74) is 3.39. The van der Waals surface area contributed by atoms with Gasteiger partial charge in [0, 0.05) is 32.7 Å². The van der Waals surface area contributed by atoms with Crippen LogP contribution in [0.5, 0.6) is 0 Å². The van der Waals surface area contributed by atoms with E-state index in [1.54, 1.807) is 16.4 Å². The second kappa shape index (κ2) is 11.0. The summed E-state index contributed by atoms with van der Waals surface area (Å²) in [6.07, 6.45) is 3.02. The van der Waals surface area contributed by atoms with Gasteiger partial charge in [0.15, 0.2) is 0 Å². The Morgan fingerprint density at radius 1 is 0.867 bits per heavy atom. The molecule has 0 aromatic heterocycles. The first-order valence-corrected chi connectivity index (χ1v) is 12.6. The smallest absolute Gasteiger partial charge is 0.243 e. The zero-order valence-electron chi connectivity index (χ0n) is 18.3. The number of sulfonamides is 1. The number of nitrogens with one attached hydrogen (secondary N) is 1. The molecule has 1 fully saturated rings. The first kappa shape index (κ1) is 22.9. The van der Waals surface area contributed by atoms with E-state index in [0.717, 1.165) is 63.1 Å². The molecule has 0 radical (unpaired) electrons. The van der Waals surface area contributed by atoms with Crippen LogP contribution in [0.3, 0.4) is 0 Å². The highest BCUT2D eigenvalue weighted by Crippen LogP contribution is 2.25. The summed E-state index contributed by atoms with van der Waals surface area (Å²) in [4.78, 5) is 2.80. The van der Waals surface area contributed by atoms with Crippen molar-refractivity contribution < 1.29 is 8.42 Å². The second-order valence-corrected chi connectivity index (χ2v) is 9.83. The van der Waals surface area contributed by atoms with Crippen LogP contribution in [0.1, 0.15) is 38.7 Å². The molecule has 0 aliphatic carbocycles. The van der Waals surface area contributed by atoms with E-state index in [0.29, 0.717) is 18.0 Å². The lowest BCUT2D eigenvalue weighted by Gasteiger charge is -2.25. The van der Waals surface area contributed by atoms with Crippen molar-refractivity contribution in [2.24, 2.45) is 0 Å². The molecule has 0 spiro atoms. The molecule has 2 aromatic rings. The van der Waals surface area contributed by atoms with Gasteiger partial charge >= 0.3 is 0 Å². The molecule has 0 amide bonds. The van der Waals surface area contributed by atoms with E-state index in [1.807, 2.05) is 12.1 Å². The first-order valence-electron chi connectivity index (χ1n) is 11.2. The predicted octanol–water partition coefficient (Wildman–Crippen LogP) is 3.96. The topological polar surface area (TPSA) is 52.7 Å². The van der Waals surface area contributed by atoms with Crippen LogP contribution >= 0.6 is 0 Å². The van der Waals surface area contributed by atoms with Crippen molar-refractivity contribution in [1.29, 1.82) is 0 Å². The third kappa shape index (κ3) is 5.91. The molecule has 5 nitrogen and oxygen atoms in total. The van der Waals surface area contributed by atoms with Crippen LogP contribution in [0.25, 0.3) is 11.1 Å². The third-order valence-corrected chi connectivity index (χ3v) is 7.84. The van der Waals surface area contributed by atoms with Crippen molar-refractivity contribution in [3.63, 3.8) is 0 Å². The van der Waals surface area contributed by atoms with Crippen LogP contribution in [0.15, 0.2) is 53.4 Å². The molecule has 6 heteroatoms. The fraction of sp³-hybridized carbons (Fsp3) is 0.500. The van der Waals surface area contributed by atoms with Gasteiger partial charge in [0.1, 0.15) is 0 Å². The Balaban J connectivity index is 1.57. The van der Waals surface area contributed by atoms with Crippen molar-refractivity contribution >= 4 is 10.0 Å². The van der Waals surface area contributed by atoms with Crippen LogP contribution in [0, 0.1) is 0 Å². The monoisotopic (exact) mass is 429 g/mol. The van der Waals surface area contributed by atoms with Gasteiger partial charge in [0.2, 0.25) is 10.0 Å². The molecule has 0 unspecified atom stereocenters. The summed E-state index contributed by atoms with van der Waals surface area (Å²) >= 11 is 0. The Hall–Kier alpha value is -1.73. The van der Waals surface area contributed by atoms with Crippen LogP contribution < -0.4 is 5.32 Å². The average molecular weight is 430 g/mol. The fourth-order valence-electron chi connectivity index (χ4n) is 3.90. The normalized spacial score (nSPS) is 15.6. The zero-order valence-corrected chi connectivity index (χ0v) is 19.1. The van der Waals surface area contributed by atoms with Crippen LogP contribution in [0.4, 0.5) is 0 Å².